The van der Waals surface area contributed by atoms with Gasteiger partial charge in [-0.05, 0) is 38.1 Å². The summed E-state index contributed by atoms with van der Waals surface area (Å²) >= 11 is 0. The van der Waals surface area contributed by atoms with E-state index in [9.17, 15) is 14.4 Å². The first-order valence-electron chi connectivity index (χ1n) is 9.67. The number of methoxy groups -OCH3 is 1. The smallest absolute Gasteiger partial charge is 0.336 e. The summed E-state index contributed by atoms with van der Waals surface area (Å²) < 4.78 is 10.5. The van der Waals surface area contributed by atoms with Crippen LogP contribution < -0.4 is 15.0 Å². The van der Waals surface area contributed by atoms with Gasteiger partial charge in [0, 0.05) is 17.8 Å². The highest BCUT2D eigenvalue weighted by molar-refractivity contribution is 6.10. The van der Waals surface area contributed by atoms with Crippen LogP contribution in [0.4, 0.5) is 11.4 Å². The number of nitrogens with zero attached hydrogens (tertiary/aromatic N) is 1. The molecule has 0 unspecified atom stereocenters. The number of benzene rings is 2. The molecule has 0 aromatic heterocycles. The molecule has 2 amide bonds. The third kappa shape index (κ3) is 4.20. The Labute approximate surface area is 175 Å². The summed E-state index contributed by atoms with van der Waals surface area (Å²) in [7, 11) is 1.50. The van der Waals surface area contributed by atoms with Crippen molar-refractivity contribution in [3.63, 3.8) is 0 Å². The summed E-state index contributed by atoms with van der Waals surface area (Å²) in [5.74, 6) is -1.84. The number of carbonyl (C=O) groups excluding carboxylic acids is 3. The normalized spacial score (nSPS) is 16.3. The Hall–Kier alpha value is -3.61. The molecule has 1 aliphatic rings. The van der Waals surface area contributed by atoms with Crippen LogP contribution in [0.25, 0.3) is 0 Å². The van der Waals surface area contributed by atoms with Crippen molar-refractivity contribution in [1.82, 2.24) is 0 Å². The van der Waals surface area contributed by atoms with Gasteiger partial charge >= 0.3 is 5.97 Å². The first kappa shape index (κ1) is 21.1. The lowest BCUT2D eigenvalue weighted by Crippen LogP contribution is -2.43. The Bertz CT molecular complexity index is 984. The molecule has 30 heavy (non-hydrogen) atoms. The maximum atomic E-state index is 13.1. The third-order valence-electron chi connectivity index (χ3n) is 4.89. The topological polar surface area (TPSA) is 84.9 Å². The number of allylic oxidation sites excluding steroid dienone is 1. The lowest BCUT2D eigenvalue weighted by molar-refractivity contribution is -0.141. The number of anilines is 2. The maximum Gasteiger partial charge on any atom is 0.336 e. The van der Waals surface area contributed by atoms with E-state index < -0.39 is 17.8 Å². The number of amides is 2. The fraction of sp³-hybridized carbons (Fsp3) is 0.261. The molecule has 0 saturated carbocycles. The minimum Gasteiger partial charge on any atom is -0.495 e. The molecule has 7 heteroatoms. The number of hydrogen-bond donors (Lipinski definition) is 1. The molecule has 0 aliphatic carbocycles. The quantitative estimate of drug-likeness (QED) is 0.739. The van der Waals surface area contributed by atoms with Crippen LogP contribution in [0.5, 0.6) is 5.75 Å². The second kappa shape index (κ2) is 9.26. The molecule has 1 N–H and O–H groups in total. The standard InChI is InChI=1S/C23H24N2O5/c1-4-30-23(28)21-15(2)25(16-10-6-5-7-11-16)20(26)14-17(21)22(27)24-18-12-8-9-13-19(18)29-3/h5-13,17H,4,14H2,1-3H3,(H,24,27)/t17-/m0/s1. The van der Waals surface area contributed by atoms with Crippen LogP contribution in [-0.4, -0.2) is 31.5 Å². The summed E-state index contributed by atoms with van der Waals surface area (Å²) in [5, 5.41) is 2.78. The Balaban J connectivity index is 2.00. The monoisotopic (exact) mass is 408 g/mol. The molecular weight excluding hydrogens is 384 g/mol. The van der Waals surface area contributed by atoms with Crippen molar-refractivity contribution in [1.29, 1.82) is 0 Å². The lowest BCUT2D eigenvalue weighted by Gasteiger charge is -2.33. The highest BCUT2D eigenvalue weighted by Crippen LogP contribution is 2.34. The van der Waals surface area contributed by atoms with Crippen molar-refractivity contribution < 1.29 is 23.9 Å². The average Bonchev–Trinajstić information content (AvgIpc) is 2.74. The Kier molecular flexibility index (Phi) is 6.51. The highest BCUT2D eigenvalue weighted by atomic mass is 16.5. The summed E-state index contributed by atoms with van der Waals surface area (Å²) in [6.45, 7) is 3.51. The minimum absolute atomic E-state index is 0.151. The largest absolute Gasteiger partial charge is 0.495 e. The first-order valence-corrected chi connectivity index (χ1v) is 9.67. The Morgan fingerprint density at radius 1 is 1.10 bits per heavy atom. The van der Waals surface area contributed by atoms with Gasteiger partial charge in [0.25, 0.3) is 0 Å². The molecule has 1 heterocycles. The van der Waals surface area contributed by atoms with Crippen LogP contribution in [0.15, 0.2) is 65.9 Å². The van der Waals surface area contributed by atoms with Crippen LogP contribution in [0.2, 0.25) is 0 Å². The molecule has 0 fully saturated rings. The summed E-state index contributed by atoms with van der Waals surface area (Å²) in [6, 6.07) is 16.0. The van der Waals surface area contributed by atoms with Gasteiger partial charge in [0.05, 0.1) is 30.9 Å². The second-order valence-corrected chi connectivity index (χ2v) is 6.73. The number of para-hydroxylation sites is 3. The summed E-state index contributed by atoms with van der Waals surface area (Å²) in [6.07, 6.45) is -0.151. The van der Waals surface area contributed by atoms with E-state index in [1.165, 1.54) is 12.0 Å². The van der Waals surface area contributed by atoms with E-state index in [1.807, 2.05) is 6.07 Å². The average molecular weight is 408 g/mol. The molecule has 0 radical (unpaired) electrons. The van der Waals surface area contributed by atoms with Crippen molar-refractivity contribution >= 4 is 29.2 Å². The molecule has 0 spiro atoms. The van der Waals surface area contributed by atoms with E-state index in [1.54, 1.807) is 62.4 Å². The van der Waals surface area contributed by atoms with Crippen molar-refractivity contribution in [2.75, 3.05) is 23.9 Å². The van der Waals surface area contributed by atoms with Gasteiger partial charge in [0.2, 0.25) is 11.8 Å². The van der Waals surface area contributed by atoms with Gasteiger partial charge in [-0.15, -0.1) is 0 Å². The number of carbonyl (C=O) groups is 3. The predicted molar refractivity (Wildman–Crippen MR) is 113 cm³/mol. The lowest BCUT2D eigenvalue weighted by atomic mass is 9.88. The van der Waals surface area contributed by atoms with Gasteiger partial charge in [-0.2, -0.15) is 0 Å². The van der Waals surface area contributed by atoms with Crippen molar-refractivity contribution in [3.05, 3.63) is 65.9 Å². The van der Waals surface area contributed by atoms with Crippen LogP contribution in [0, 0.1) is 5.92 Å². The summed E-state index contributed by atoms with van der Waals surface area (Å²) in [4.78, 5) is 40.3. The molecule has 2 aromatic rings. The number of rotatable bonds is 6. The molecule has 1 atom stereocenters. The number of esters is 1. The van der Waals surface area contributed by atoms with E-state index in [-0.39, 0.29) is 24.5 Å². The third-order valence-corrected chi connectivity index (χ3v) is 4.89. The zero-order valence-electron chi connectivity index (χ0n) is 17.2. The van der Waals surface area contributed by atoms with Crippen molar-refractivity contribution in [2.24, 2.45) is 5.92 Å². The van der Waals surface area contributed by atoms with Gasteiger partial charge in [-0.3, -0.25) is 14.5 Å². The van der Waals surface area contributed by atoms with E-state index in [0.717, 1.165) is 0 Å². The first-order chi connectivity index (χ1) is 14.5. The van der Waals surface area contributed by atoms with Crippen molar-refractivity contribution in [2.45, 2.75) is 20.3 Å². The molecule has 0 bridgehead atoms. The van der Waals surface area contributed by atoms with Gasteiger partial charge in [0.15, 0.2) is 0 Å². The van der Waals surface area contributed by atoms with Crippen LogP contribution >= 0.6 is 0 Å². The molecule has 156 valence electrons. The molecular formula is C23H24N2O5. The number of ether oxygens (including phenoxy) is 2. The summed E-state index contributed by atoms with van der Waals surface area (Å²) in [5.41, 5.74) is 1.65. The minimum atomic E-state index is -0.971. The SMILES string of the molecule is CCOC(=O)C1=C(C)N(c2ccccc2)C(=O)C[C@@H]1C(=O)Nc1ccccc1OC. The van der Waals surface area contributed by atoms with Gasteiger partial charge < -0.3 is 14.8 Å². The van der Waals surface area contributed by atoms with Crippen LogP contribution in [-0.2, 0) is 19.1 Å². The molecule has 7 nitrogen and oxygen atoms in total. The second-order valence-electron chi connectivity index (χ2n) is 6.73. The van der Waals surface area contributed by atoms with Crippen LogP contribution in [0.1, 0.15) is 20.3 Å². The molecule has 1 aliphatic heterocycles. The molecule has 2 aromatic carbocycles. The van der Waals surface area contributed by atoms with E-state index in [2.05, 4.69) is 5.32 Å². The van der Waals surface area contributed by atoms with Gasteiger partial charge in [-0.25, -0.2) is 4.79 Å². The fourth-order valence-corrected chi connectivity index (χ4v) is 3.53. The van der Waals surface area contributed by atoms with Crippen LogP contribution in [0.3, 0.4) is 0 Å². The van der Waals surface area contributed by atoms with Gasteiger partial charge in [-0.1, -0.05) is 30.3 Å². The van der Waals surface area contributed by atoms with E-state index in [0.29, 0.717) is 22.8 Å². The zero-order chi connectivity index (χ0) is 21.7. The van der Waals surface area contributed by atoms with E-state index >= 15 is 0 Å². The molecule has 0 saturated heterocycles. The van der Waals surface area contributed by atoms with Gasteiger partial charge in [0.1, 0.15) is 5.75 Å². The molecule has 3 rings (SSSR count). The number of hydrogen-bond acceptors (Lipinski definition) is 5. The van der Waals surface area contributed by atoms with E-state index in [4.69, 9.17) is 9.47 Å². The zero-order valence-corrected chi connectivity index (χ0v) is 17.2. The predicted octanol–water partition coefficient (Wildman–Crippen LogP) is 3.52. The fourth-order valence-electron chi connectivity index (χ4n) is 3.53. The maximum absolute atomic E-state index is 13.1. The Morgan fingerprint density at radius 3 is 2.43 bits per heavy atom. The van der Waals surface area contributed by atoms with Crippen molar-refractivity contribution in [3.8, 4) is 5.75 Å². The Morgan fingerprint density at radius 2 is 1.77 bits per heavy atom. The highest BCUT2D eigenvalue weighted by Gasteiger charge is 2.40. The number of nitrogens with one attached hydrogen (secondary N) is 1.